The van der Waals surface area contributed by atoms with Crippen molar-refractivity contribution in [3.05, 3.63) is 29.8 Å². The molecule has 0 unspecified atom stereocenters. The summed E-state index contributed by atoms with van der Waals surface area (Å²) in [6.45, 7) is 10.7. The molecule has 1 amide bonds. The fourth-order valence-electron chi connectivity index (χ4n) is 4.96. The zero-order valence-corrected chi connectivity index (χ0v) is 18.8. The topological polar surface area (TPSA) is 55.6 Å². The first-order valence-corrected chi connectivity index (χ1v) is 11.6. The molecule has 29 heavy (non-hydrogen) atoms. The van der Waals surface area contributed by atoms with Crippen molar-refractivity contribution < 1.29 is 9.53 Å². The van der Waals surface area contributed by atoms with Crippen LogP contribution in [0.3, 0.4) is 0 Å². The molecular formula is C25H40N2O2. The van der Waals surface area contributed by atoms with E-state index in [9.17, 15) is 4.79 Å². The van der Waals surface area contributed by atoms with Gasteiger partial charge >= 0.3 is 0 Å². The van der Waals surface area contributed by atoms with E-state index < -0.39 is 5.60 Å². The van der Waals surface area contributed by atoms with Crippen molar-refractivity contribution in [3.63, 3.8) is 0 Å². The zero-order valence-electron chi connectivity index (χ0n) is 18.8. The van der Waals surface area contributed by atoms with Crippen LogP contribution in [0.4, 0.5) is 0 Å². The Bertz CT molecular complexity index is 669. The molecule has 1 aliphatic heterocycles. The second kappa shape index (κ2) is 9.51. The molecular weight excluding hydrogens is 360 g/mol. The smallest absolute Gasteiger partial charge is 0.266 e. The molecule has 4 heteroatoms. The normalized spacial score (nSPS) is 26.2. The summed E-state index contributed by atoms with van der Waals surface area (Å²) in [7, 11) is 0. The molecule has 2 fully saturated rings. The summed E-state index contributed by atoms with van der Waals surface area (Å²) in [5.74, 6) is 3.01. The van der Waals surface area contributed by atoms with E-state index in [0.717, 1.165) is 56.9 Å². The molecule has 0 atom stereocenters. The van der Waals surface area contributed by atoms with E-state index >= 15 is 0 Å². The van der Waals surface area contributed by atoms with Crippen molar-refractivity contribution in [2.24, 2.45) is 23.5 Å². The summed E-state index contributed by atoms with van der Waals surface area (Å²) < 4.78 is 6.56. The van der Waals surface area contributed by atoms with E-state index in [1.807, 2.05) is 12.1 Å². The van der Waals surface area contributed by atoms with Crippen LogP contribution in [-0.4, -0.2) is 35.5 Å². The molecule has 1 heterocycles. The van der Waals surface area contributed by atoms with Gasteiger partial charge in [-0.15, -0.1) is 0 Å². The first-order chi connectivity index (χ1) is 13.8. The molecule has 0 spiro atoms. The number of ether oxygens (including phenoxy) is 1. The van der Waals surface area contributed by atoms with Crippen molar-refractivity contribution in [3.8, 4) is 5.75 Å². The van der Waals surface area contributed by atoms with Gasteiger partial charge in [0.05, 0.1) is 0 Å². The van der Waals surface area contributed by atoms with E-state index in [1.165, 1.54) is 5.56 Å². The Labute approximate surface area is 177 Å². The van der Waals surface area contributed by atoms with Gasteiger partial charge in [0.1, 0.15) is 5.75 Å². The van der Waals surface area contributed by atoms with Gasteiger partial charge in [-0.05, 0) is 80.4 Å². The molecule has 3 rings (SSSR count). The molecule has 1 aromatic rings. The van der Waals surface area contributed by atoms with Gasteiger partial charge in [-0.2, -0.15) is 0 Å². The van der Waals surface area contributed by atoms with E-state index in [0.29, 0.717) is 24.7 Å². The molecule has 162 valence electrons. The molecule has 1 aromatic carbocycles. The number of nitrogens with zero attached hydrogens (tertiary/aromatic N) is 1. The Hall–Kier alpha value is -1.55. The van der Waals surface area contributed by atoms with Gasteiger partial charge in [-0.3, -0.25) is 4.79 Å². The van der Waals surface area contributed by atoms with Crippen LogP contribution >= 0.6 is 0 Å². The highest BCUT2D eigenvalue weighted by molar-refractivity contribution is 5.86. The lowest BCUT2D eigenvalue weighted by atomic mass is 9.80. The number of amides is 1. The molecule has 0 aromatic heterocycles. The zero-order chi connectivity index (χ0) is 21.0. The number of rotatable bonds is 6. The standard InChI is InChI=1S/C25H40N2O2/c1-18(2)16-20-6-5-7-23(17-20)29-25(12-8-22(26)9-13-25)24(28)27-14-10-21(11-15-27)19(3)4/h5-7,17-19,21-22H,8-16,26H2,1-4H3. The third-order valence-electron chi connectivity index (χ3n) is 6.85. The maximum Gasteiger partial charge on any atom is 0.266 e. The summed E-state index contributed by atoms with van der Waals surface area (Å²) in [5.41, 5.74) is 6.69. The summed E-state index contributed by atoms with van der Waals surface area (Å²) in [5, 5.41) is 0. The lowest BCUT2D eigenvalue weighted by Crippen LogP contribution is -2.57. The SMILES string of the molecule is CC(C)Cc1cccc(OC2(C(=O)N3CCC(C(C)C)CC3)CCC(N)CC2)c1. The fraction of sp³-hybridized carbons (Fsp3) is 0.720. The predicted molar refractivity (Wildman–Crippen MR) is 119 cm³/mol. The summed E-state index contributed by atoms with van der Waals surface area (Å²) in [6, 6.07) is 8.49. The van der Waals surface area contributed by atoms with Crippen molar-refractivity contribution in [2.75, 3.05) is 13.1 Å². The highest BCUT2D eigenvalue weighted by Gasteiger charge is 2.46. The largest absolute Gasteiger partial charge is 0.477 e. The number of likely N-dealkylation sites (tertiary alicyclic amines) is 1. The first-order valence-electron chi connectivity index (χ1n) is 11.6. The van der Waals surface area contributed by atoms with Crippen molar-refractivity contribution in [1.82, 2.24) is 4.90 Å². The summed E-state index contributed by atoms with van der Waals surface area (Å²) in [6.07, 6.45) is 6.34. The second-order valence-corrected chi connectivity index (χ2v) is 10.1. The summed E-state index contributed by atoms with van der Waals surface area (Å²) in [4.78, 5) is 15.7. The average Bonchev–Trinajstić information content (AvgIpc) is 2.69. The Morgan fingerprint density at radius 3 is 2.38 bits per heavy atom. The summed E-state index contributed by atoms with van der Waals surface area (Å²) >= 11 is 0. The number of carbonyl (C=O) groups excluding carboxylic acids is 1. The van der Waals surface area contributed by atoms with Crippen molar-refractivity contribution in [1.29, 1.82) is 0 Å². The maximum absolute atomic E-state index is 13.7. The Morgan fingerprint density at radius 1 is 1.14 bits per heavy atom. The number of hydrogen-bond acceptors (Lipinski definition) is 3. The lowest BCUT2D eigenvalue weighted by Gasteiger charge is -2.43. The Kier molecular flexibility index (Phi) is 7.26. The highest BCUT2D eigenvalue weighted by Crippen LogP contribution is 2.36. The van der Waals surface area contributed by atoms with Crippen LogP contribution in [-0.2, 0) is 11.2 Å². The van der Waals surface area contributed by atoms with Crippen LogP contribution in [0.2, 0.25) is 0 Å². The van der Waals surface area contributed by atoms with Gasteiger partial charge in [0.25, 0.3) is 5.91 Å². The van der Waals surface area contributed by atoms with Crippen molar-refractivity contribution >= 4 is 5.91 Å². The lowest BCUT2D eigenvalue weighted by molar-refractivity contribution is -0.153. The third-order valence-corrected chi connectivity index (χ3v) is 6.85. The Morgan fingerprint density at radius 2 is 1.79 bits per heavy atom. The van der Waals surface area contributed by atoms with Crippen LogP contribution in [0.25, 0.3) is 0 Å². The number of nitrogens with two attached hydrogens (primary N) is 1. The van der Waals surface area contributed by atoms with Gasteiger partial charge in [-0.25, -0.2) is 0 Å². The first kappa shape index (κ1) is 22.1. The second-order valence-electron chi connectivity index (χ2n) is 10.1. The van der Waals surface area contributed by atoms with Crippen LogP contribution in [0.5, 0.6) is 5.75 Å². The molecule has 0 radical (unpaired) electrons. The van der Waals surface area contributed by atoms with Gasteiger partial charge in [0, 0.05) is 19.1 Å². The monoisotopic (exact) mass is 400 g/mol. The van der Waals surface area contributed by atoms with Crippen LogP contribution in [0.1, 0.15) is 71.8 Å². The maximum atomic E-state index is 13.7. The molecule has 2 N–H and O–H groups in total. The van der Waals surface area contributed by atoms with Crippen molar-refractivity contribution in [2.45, 2.75) is 84.3 Å². The van der Waals surface area contributed by atoms with Gasteiger partial charge in [0.2, 0.25) is 0 Å². The molecule has 2 aliphatic rings. The fourth-order valence-corrected chi connectivity index (χ4v) is 4.96. The van der Waals surface area contributed by atoms with E-state index in [1.54, 1.807) is 0 Å². The highest BCUT2D eigenvalue weighted by atomic mass is 16.5. The molecule has 1 aliphatic carbocycles. The van der Waals surface area contributed by atoms with Crippen LogP contribution < -0.4 is 10.5 Å². The van der Waals surface area contributed by atoms with E-state index in [2.05, 4.69) is 44.7 Å². The average molecular weight is 401 g/mol. The molecule has 1 saturated carbocycles. The van der Waals surface area contributed by atoms with Gasteiger partial charge < -0.3 is 15.4 Å². The van der Waals surface area contributed by atoms with E-state index in [-0.39, 0.29) is 11.9 Å². The Balaban J connectivity index is 1.77. The minimum absolute atomic E-state index is 0.179. The van der Waals surface area contributed by atoms with E-state index in [4.69, 9.17) is 10.5 Å². The molecule has 1 saturated heterocycles. The number of benzene rings is 1. The third kappa shape index (κ3) is 5.53. The van der Waals surface area contributed by atoms with Crippen LogP contribution in [0, 0.1) is 17.8 Å². The number of piperidine rings is 1. The van der Waals surface area contributed by atoms with Crippen LogP contribution in [0.15, 0.2) is 24.3 Å². The number of hydrogen-bond donors (Lipinski definition) is 1. The minimum Gasteiger partial charge on any atom is -0.477 e. The molecule has 4 nitrogen and oxygen atoms in total. The van der Waals surface area contributed by atoms with Gasteiger partial charge in [0.15, 0.2) is 5.60 Å². The predicted octanol–water partition coefficient (Wildman–Crippen LogP) is 4.80. The minimum atomic E-state index is -0.753. The molecule has 0 bridgehead atoms. The quantitative estimate of drug-likeness (QED) is 0.746. The number of carbonyl (C=O) groups is 1. The van der Waals surface area contributed by atoms with Gasteiger partial charge in [-0.1, -0.05) is 39.8 Å².